The van der Waals surface area contributed by atoms with Crippen LogP contribution in [0.1, 0.15) is 46.0 Å². The average Bonchev–Trinajstić information content (AvgIpc) is 2.02. The molecule has 0 spiro atoms. The molecular formula is C11H23NO. The summed E-state index contributed by atoms with van der Waals surface area (Å²) in [5.41, 5.74) is 0. The molecule has 78 valence electrons. The molecule has 2 nitrogen and oxygen atoms in total. The summed E-state index contributed by atoms with van der Waals surface area (Å²) < 4.78 is 0. The topological polar surface area (TPSA) is 23.5 Å². The summed E-state index contributed by atoms with van der Waals surface area (Å²) in [7, 11) is 0. The molecule has 0 radical (unpaired) electrons. The summed E-state index contributed by atoms with van der Waals surface area (Å²) in [4.78, 5) is 2.43. The molecule has 1 fully saturated rings. The van der Waals surface area contributed by atoms with Gasteiger partial charge in [0.25, 0.3) is 0 Å². The summed E-state index contributed by atoms with van der Waals surface area (Å²) in [5, 5.41) is 9.49. The standard InChI is InChI=1S/C11H23NO/c1-10(11(2)13)12-8-6-4-3-5-7-9-12/h10-11,13H,3-9H2,1-2H3. The van der Waals surface area contributed by atoms with Crippen LogP contribution < -0.4 is 0 Å². The van der Waals surface area contributed by atoms with Crippen LogP contribution in [0.5, 0.6) is 0 Å². The van der Waals surface area contributed by atoms with E-state index in [2.05, 4.69) is 11.8 Å². The van der Waals surface area contributed by atoms with Gasteiger partial charge in [0.1, 0.15) is 0 Å². The second-order valence-electron chi connectivity index (χ2n) is 4.28. The molecule has 0 saturated carbocycles. The maximum absolute atomic E-state index is 9.49. The summed E-state index contributed by atoms with van der Waals surface area (Å²) in [6.45, 7) is 6.37. The van der Waals surface area contributed by atoms with Gasteiger partial charge in [0.2, 0.25) is 0 Å². The Morgan fingerprint density at radius 3 is 1.85 bits per heavy atom. The highest BCUT2D eigenvalue weighted by atomic mass is 16.3. The second-order valence-corrected chi connectivity index (χ2v) is 4.28. The highest BCUT2D eigenvalue weighted by molar-refractivity contribution is 4.73. The third kappa shape index (κ3) is 3.65. The maximum atomic E-state index is 9.49. The molecule has 13 heavy (non-hydrogen) atoms. The van der Waals surface area contributed by atoms with E-state index in [0.29, 0.717) is 6.04 Å². The van der Waals surface area contributed by atoms with Gasteiger partial charge in [-0.15, -0.1) is 0 Å². The Morgan fingerprint density at radius 1 is 0.923 bits per heavy atom. The monoisotopic (exact) mass is 185 g/mol. The minimum absolute atomic E-state index is 0.195. The van der Waals surface area contributed by atoms with Crippen molar-refractivity contribution < 1.29 is 5.11 Å². The zero-order valence-corrected chi connectivity index (χ0v) is 9.00. The van der Waals surface area contributed by atoms with Gasteiger partial charge in [-0.2, -0.15) is 0 Å². The Labute approximate surface area is 81.9 Å². The van der Waals surface area contributed by atoms with E-state index < -0.39 is 0 Å². The minimum atomic E-state index is -0.195. The van der Waals surface area contributed by atoms with Crippen molar-refractivity contribution in [2.24, 2.45) is 0 Å². The molecule has 0 aliphatic carbocycles. The molecule has 0 aromatic rings. The molecular weight excluding hydrogens is 162 g/mol. The lowest BCUT2D eigenvalue weighted by Crippen LogP contribution is -2.41. The Morgan fingerprint density at radius 2 is 1.38 bits per heavy atom. The van der Waals surface area contributed by atoms with Crippen LogP contribution in [0, 0.1) is 0 Å². The first-order valence-electron chi connectivity index (χ1n) is 5.64. The maximum Gasteiger partial charge on any atom is 0.0664 e. The fourth-order valence-electron chi connectivity index (χ4n) is 1.98. The zero-order chi connectivity index (χ0) is 9.68. The van der Waals surface area contributed by atoms with Crippen LogP contribution in [0.15, 0.2) is 0 Å². The number of hydrogen-bond acceptors (Lipinski definition) is 2. The second kappa shape index (κ2) is 5.61. The van der Waals surface area contributed by atoms with E-state index in [1.807, 2.05) is 6.92 Å². The largest absolute Gasteiger partial charge is 0.392 e. The summed E-state index contributed by atoms with van der Waals surface area (Å²) in [6, 6.07) is 0.332. The van der Waals surface area contributed by atoms with E-state index in [4.69, 9.17) is 0 Å². The predicted octanol–water partition coefficient (Wildman–Crippen LogP) is 2.02. The van der Waals surface area contributed by atoms with Gasteiger partial charge in [0.15, 0.2) is 0 Å². The van der Waals surface area contributed by atoms with Crippen LogP contribution >= 0.6 is 0 Å². The van der Waals surface area contributed by atoms with Crippen LogP contribution in [0.3, 0.4) is 0 Å². The van der Waals surface area contributed by atoms with Crippen LogP contribution in [0.25, 0.3) is 0 Å². The SMILES string of the molecule is CC(O)C(C)N1CCCCCCC1. The van der Waals surface area contributed by atoms with Crippen molar-refractivity contribution in [3.8, 4) is 0 Å². The first-order chi connectivity index (χ1) is 6.22. The van der Waals surface area contributed by atoms with E-state index in [1.165, 1.54) is 45.2 Å². The van der Waals surface area contributed by atoms with Gasteiger partial charge in [-0.25, -0.2) is 0 Å². The highest BCUT2D eigenvalue weighted by Crippen LogP contribution is 2.14. The van der Waals surface area contributed by atoms with Crippen LogP contribution in [0.2, 0.25) is 0 Å². The molecule has 2 heteroatoms. The molecule has 1 heterocycles. The molecule has 0 amide bonds. The third-order valence-electron chi connectivity index (χ3n) is 3.16. The Kier molecular flexibility index (Phi) is 4.74. The van der Waals surface area contributed by atoms with Crippen molar-refractivity contribution in [2.45, 2.75) is 58.1 Å². The molecule has 1 saturated heterocycles. The number of rotatable bonds is 2. The Hall–Kier alpha value is -0.0800. The lowest BCUT2D eigenvalue weighted by atomic mass is 10.1. The Balaban J connectivity index is 2.36. The predicted molar refractivity (Wildman–Crippen MR) is 55.8 cm³/mol. The summed E-state index contributed by atoms with van der Waals surface area (Å²) in [5.74, 6) is 0. The smallest absolute Gasteiger partial charge is 0.0664 e. The fourth-order valence-corrected chi connectivity index (χ4v) is 1.98. The Bertz CT molecular complexity index is 128. The summed E-state index contributed by atoms with van der Waals surface area (Å²) >= 11 is 0. The molecule has 1 aliphatic heterocycles. The van der Waals surface area contributed by atoms with E-state index in [1.54, 1.807) is 0 Å². The number of hydrogen-bond donors (Lipinski definition) is 1. The molecule has 1 N–H and O–H groups in total. The molecule has 0 aromatic carbocycles. The average molecular weight is 185 g/mol. The quantitative estimate of drug-likeness (QED) is 0.711. The van der Waals surface area contributed by atoms with Crippen molar-refractivity contribution in [1.29, 1.82) is 0 Å². The van der Waals surface area contributed by atoms with Gasteiger partial charge in [-0.3, -0.25) is 4.90 Å². The lowest BCUT2D eigenvalue weighted by molar-refractivity contribution is 0.0656. The van der Waals surface area contributed by atoms with E-state index in [9.17, 15) is 5.11 Å². The molecule has 0 aromatic heterocycles. The zero-order valence-electron chi connectivity index (χ0n) is 9.00. The first kappa shape index (κ1) is 11.0. The van der Waals surface area contributed by atoms with Crippen LogP contribution in [0.4, 0.5) is 0 Å². The van der Waals surface area contributed by atoms with E-state index in [-0.39, 0.29) is 6.10 Å². The summed E-state index contributed by atoms with van der Waals surface area (Å²) in [6.07, 6.45) is 6.54. The molecule has 1 rings (SSSR count). The lowest BCUT2D eigenvalue weighted by Gasteiger charge is -2.32. The van der Waals surface area contributed by atoms with E-state index in [0.717, 1.165) is 0 Å². The normalized spacial score (nSPS) is 26.1. The van der Waals surface area contributed by atoms with Crippen LogP contribution in [-0.4, -0.2) is 35.2 Å². The van der Waals surface area contributed by atoms with Crippen molar-refractivity contribution in [1.82, 2.24) is 4.90 Å². The van der Waals surface area contributed by atoms with Gasteiger partial charge in [-0.1, -0.05) is 19.3 Å². The third-order valence-corrected chi connectivity index (χ3v) is 3.16. The van der Waals surface area contributed by atoms with Crippen molar-refractivity contribution in [3.05, 3.63) is 0 Å². The van der Waals surface area contributed by atoms with Gasteiger partial charge in [-0.05, 0) is 39.8 Å². The molecule has 0 bridgehead atoms. The van der Waals surface area contributed by atoms with Crippen molar-refractivity contribution in [3.63, 3.8) is 0 Å². The van der Waals surface area contributed by atoms with Gasteiger partial charge in [0.05, 0.1) is 6.10 Å². The van der Waals surface area contributed by atoms with Crippen molar-refractivity contribution in [2.75, 3.05) is 13.1 Å². The van der Waals surface area contributed by atoms with Gasteiger partial charge < -0.3 is 5.11 Å². The molecule has 2 unspecified atom stereocenters. The van der Waals surface area contributed by atoms with Gasteiger partial charge in [0, 0.05) is 6.04 Å². The number of likely N-dealkylation sites (tertiary alicyclic amines) is 1. The number of aliphatic hydroxyl groups excluding tert-OH is 1. The molecule has 1 aliphatic rings. The van der Waals surface area contributed by atoms with E-state index >= 15 is 0 Å². The number of aliphatic hydroxyl groups is 1. The van der Waals surface area contributed by atoms with Gasteiger partial charge >= 0.3 is 0 Å². The fraction of sp³-hybridized carbons (Fsp3) is 1.00. The van der Waals surface area contributed by atoms with Crippen molar-refractivity contribution >= 4 is 0 Å². The molecule has 2 atom stereocenters. The van der Waals surface area contributed by atoms with Crippen LogP contribution in [-0.2, 0) is 0 Å². The highest BCUT2D eigenvalue weighted by Gasteiger charge is 2.18. The first-order valence-corrected chi connectivity index (χ1v) is 5.64. The number of nitrogens with zero attached hydrogens (tertiary/aromatic N) is 1. The minimum Gasteiger partial charge on any atom is -0.392 e.